The molecule has 30 heavy (non-hydrogen) atoms. The number of hydrogen-bond acceptors (Lipinski definition) is 7. The van der Waals surface area contributed by atoms with Crippen molar-refractivity contribution in [1.82, 2.24) is 9.88 Å². The van der Waals surface area contributed by atoms with E-state index in [9.17, 15) is 13.2 Å². The van der Waals surface area contributed by atoms with Gasteiger partial charge in [0.2, 0.25) is 0 Å². The Morgan fingerprint density at radius 1 is 1.43 bits per heavy atom. The summed E-state index contributed by atoms with van der Waals surface area (Å²) in [5.41, 5.74) is 2.44. The zero-order chi connectivity index (χ0) is 21.7. The highest BCUT2D eigenvalue weighted by Crippen LogP contribution is 2.32. The van der Waals surface area contributed by atoms with Gasteiger partial charge in [0.15, 0.2) is 0 Å². The lowest BCUT2D eigenvalue weighted by Crippen LogP contribution is -2.41. The zero-order valence-corrected chi connectivity index (χ0v) is 17.9. The molecule has 6 nitrogen and oxygen atoms in total. The fraction of sp³-hybridized carbons (Fsp3) is 0.579. The molecule has 2 aliphatic heterocycles. The van der Waals surface area contributed by atoms with Crippen LogP contribution in [0.15, 0.2) is 22.2 Å². The highest BCUT2D eigenvalue weighted by atomic mass is 32.1. The molecule has 166 valence electrons. The first-order valence-electron chi connectivity index (χ1n) is 9.43. The molecule has 0 amide bonds. The van der Waals surface area contributed by atoms with E-state index in [0.717, 1.165) is 36.8 Å². The number of aromatic nitrogens is 1. The summed E-state index contributed by atoms with van der Waals surface area (Å²) < 4.78 is 44.0. The molecule has 2 aliphatic rings. The number of hydrogen-bond donors (Lipinski definition) is 1. The lowest BCUT2D eigenvalue weighted by molar-refractivity contribution is -0.192. The molecule has 0 saturated carbocycles. The quantitative estimate of drug-likeness (QED) is 0.719. The van der Waals surface area contributed by atoms with Crippen LogP contribution in [-0.2, 0) is 27.4 Å². The van der Waals surface area contributed by atoms with E-state index >= 15 is 0 Å². The molecular weight excluding hydrogens is 441 g/mol. The molecule has 0 spiro atoms. The number of nitrogens with zero attached hydrogens (tertiary/aromatic N) is 2. The van der Waals surface area contributed by atoms with Crippen LogP contribution >= 0.6 is 22.7 Å². The standard InChI is InChI=1S/C17H22N2O2S2.C2HF3O2/c1-12-18-14(11-23-12)9-21-16-8-19(7-13-4-6-22-10-13)15-3-2-5-20-17(15)16;3-2(4,5)1(6)7/h4,6,10-11,15-17H,2-3,5,7-9H2,1H3;(H,6,7)/t15-,16-,17+;/m1./s1. The van der Waals surface area contributed by atoms with Gasteiger partial charge in [-0.25, -0.2) is 9.78 Å². The lowest BCUT2D eigenvalue weighted by Gasteiger charge is -2.32. The van der Waals surface area contributed by atoms with Gasteiger partial charge in [-0.3, -0.25) is 4.90 Å². The predicted molar refractivity (Wildman–Crippen MR) is 107 cm³/mol. The number of ether oxygens (including phenoxy) is 2. The average Bonchev–Trinajstić information content (AvgIpc) is 3.42. The maximum Gasteiger partial charge on any atom is 0.490 e. The second-order valence-corrected chi connectivity index (χ2v) is 8.96. The fourth-order valence-corrected chi connectivity index (χ4v) is 4.87. The molecule has 0 unspecified atom stereocenters. The van der Waals surface area contributed by atoms with Gasteiger partial charge in [-0.2, -0.15) is 24.5 Å². The molecule has 0 bridgehead atoms. The number of fused-ring (bicyclic) bond motifs is 1. The topological polar surface area (TPSA) is 71.9 Å². The van der Waals surface area contributed by atoms with E-state index in [1.54, 1.807) is 22.7 Å². The number of thiophene rings is 1. The van der Waals surface area contributed by atoms with Crippen LogP contribution in [0.25, 0.3) is 0 Å². The first-order chi connectivity index (χ1) is 14.2. The summed E-state index contributed by atoms with van der Waals surface area (Å²) in [6.07, 6.45) is -2.35. The minimum atomic E-state index is -5.08. The summed E-state index contributed by atoms with van der Waals surface area (Å²) >= 11 is 3.45. The van der Waals surface area contributed by atoms with Crippen LogP contribution in [0, 0.1) is 6.92 Å². The van der Waals surface area contributed by atoms with Gasteiger partial charge >= 0.3 is 12.1 Å². The van der Waals surface area contributed by atoms with Crippen molar-refractivity contribution < 1.29 is 32.5 Å². The summed E-state index contributed by atoms with van der Waals surface area (Å²) in [7, 11) is 0. The Balaban J connectivity index is 0.000000318. The molecule has 2 saturated heterocycles. The van der Waals surface area contributed by atoms with Gasteiger partial charge in [-0.15, -0.1) is 11.3 Å². The highest BCUT2D eigenvalue weighted by molar-refractivity contribution is 7.09. The maximum atomic E-state index is 10.6. The van der Waals surface area contributed by atoms with Crippen molar-refractivity contribution in [2.45, 2.75) is 57.3 Å². The van der Waals surface area contributed by atoms with Gasteiger partial charge in [-0.05, 0) is 42.2 Å². The van der Waals surface area contributed by atoms with E-state index in [2.05, 4.69) is 32.1 Å². The van der Waals surface area contributed by atoms with Crippen LogP contribution < -0.4 is 0 Å². The summed E-state index contributed by atoms with van der Waals surface area (Å²) in [4.78, 5) is 15.9. The normalized spacial score (nSPS) is 24.2. The molecule has 0 aliphatic carbocycles. The van der Waals surface area contributed by atoms with E-state index < -0.39 is 12.1 Å². The van der Waals surface area contributed by atoms with Gasteiger partial charge in [0.25, 0.3) is 0 Å². The predicted octanol–water partition coefficient (Wildman–Crippen LogP) is 4.09. The zero-order valence-electron chi connectivity index (χ0n) is 16.3. The van der Waals surface area contributed by atoms with Crippen molar-refractivity contribution in [3.8, 4) is 0 Å². The van der Waals surface area contributed by atoms with Gasteiger partial charge in [0.1, 0.15) is 6.10 Å². The molecular formula is C19H23F3N2O4S2. The fourth-order valence-electron chi connectivity index (χ4n) is 3.62. The third kappa shape index (κ3) is 6.24. The van der Waals surface area contributed by atoms with Crippen LogP contribution in [0.5, 0.6) is 0 Å². The minimum absolute atomic E-state index is 0.154. The number of aryl methyl sites for hydroxylation is 1. The van der Waals surface area contributed by atoms with Gasteiger partial charge < -0.3 is 14.6 Å². The summed E-state index contributed by atoms with van der Waals surface area (Å²) in [6, 6.07) is 2.71. The molecule has 2 aromatic heterocycles. The Kier molecular flexibility index (Phi) is 7.86. The Hall–Kier alpha value is -1.53. The van der Waals surface area contributed by atoms with Crippen molar-refractivity contribution in [3.63, 3.8) is 0 Å². The number of aliphatic carboxylic acids is 1. The summed E-state index contributed by atoms with van der Waals surface area (Å²) in [6.45, 7) is 5.45. The first kappa shape index (κ1) is 23.1. The second kappa shape index (κ2) is 10.2. The number of carbonyl (C=O) groups is 1. The van der Waals surface area contributed by atoms with Gasteiger partial charge in [0.05, 0.1) is 23.4 Å². The first-order valence-corrected chi connectivity index (χ1v) is 11.3. The number of likely N-dealkylation sites (tertiary alicyclic amines) is 1. The maximum absolute atomic E-state index is 10.6. The van der Waals surface area contributed by atoms with E-state index in [-0.39, 0.29) is 12.2 Å². The van der Waals surface area contributed by atoms with Crippen molar-refractivity contribution in [3.05, 3.63) is 38.5 Å². The van der Waals surface area contributed by atoms with Crippen LogP contribution in [-0.4, -0.2) is 58.5 Å². The molecule has 0 aromatic carbocycles. The second-order valence-electron chi connectivity index (χ2n) is 7.12. The molecule has 11 heteroatoms. The Labute approximate surface area is 180 Å². The molecule has 0 radical (unpaired) electrons. The smallest absolute Gasteiger partial charge is 0.475 e. The number of carboxylic acid groups (broad SMARTS) is 1. The number of rotatable bonds is 5. The average molecular weight is 465 g/mol. The highest BCUT2D eigenvalue weighted by Gasteiger charge is 2.44. The van der Waals surface area contributed by atoms with E-state index in [1.165, 1.54) is 12.0 Å². The number of carboxylic acids is 1. The SMILES string of the molecule is Cc1nc(CO[C@@H]2CN(Cc3ccsc3)[C@@H]3CCCO[C@@H]32)cs1.O=C(O)C(F)(F)F. The van der Waals surface area contributed by atoms with E-state index in [4.69, 9.17) is 19.4 Å². The number of alkyl halides is 3. The third-order valence-corrected chi connectivity index (χ3v) is 6.46. The molecule has 4 heterocycles. The van der Waals surface area contributed by atoms with E-state index in [1.807, 2.05) is 6.92 Å². The van der Waals surface area contributed by atoms with Gasteiger partial charge in [0, 0.05) is 31.1 Å². The van der Waals surface area contributed by atoms with Crippen molar-refractivity contribution in [2.75, 3.05) is 13.2 Å². The lowest BCUT2D eigenvalue weighted by atomic mass is 10.0. The van der Waals surface area contributed by atoms with Crippen molar-refractivity contribution in [1.29, 1.82) is 0 Å². The van der Waals surface area contributed by atoms with Crippen molar-refractivity contribution >= 4 is 28.6 Å². The molecule has 4 rings (SSSR count). The summed E-state index contributed by atoms with van der Waals surface area (Å²) in [5, 5.41) is 14.7. The largest absolute Gasteiger partial charge is 0.490 e. The van der Waals surface area contributed by atoms with Gasteiger partial charge in [-0.1, -0.05) is 0 Å². The molecule has 2 fully saturated rings. The third-order valence-electron chi connectivity index (χ3n) is 4.90. The molecule has 1 N–H and O–H groups in total. The number of halogens is 3. The van der Waals surface area contributed by atoms with Crippen LogP contribution in [0.2, 0.25) is 0 Å². The monoisotopic (exact) mass is 464 g/mol. The van der Waals surface area contributed by atoms with Crippen molar-refractivity contribution in [2.24, 2.45) is 0 Å². The number of thiazole rings is 1. The van der Waals surface area contributed by atoms with Crippen LogP contribution in [0.4, 0.5) is 13.2 Å². The molecule has 2 aromatic rings. The minimum Gasteiger partial charge on any atom is -0.475 e. The van der Waals surface area contributed by atoms with E-state index in [0.29, 0.717) is 12.6 Å². The summed E-state index contributed by atoms with van der Waals surface area (Å²) in [5.74, 6) is -2.76. The Morgan fingerprint density at radius 2 is 2.20 bits per heavy atom. The van der Waals surface area contributed by atoms with Crippen LogP contribution in [0.3, 0.4) is 0 Å². The molecule has 3 atom stereocenters. The Morgan fingerprint density at radius 3 is 2.80 bits per heavy atom. The Bertz CT molecular complexity index is 813. The van der Waals surface area contributed by atoms with Crippen LogP contribution in [0.1, 0.15) is 29.1 Å².